The number of nitrogens with zero attached hydrogens (tertiary/aromatic N) is 2. The number of hydrogen-bond acceptors (Lipinski definition) is 4. The number of nitrogens with one attached hydrogen (secondary N) is 1. The van der Waals surface area contributed by atoms with Crippen molar-refractivity contribution in [3.05, 3.63) is 18.3 Å². The lowest BCUT2D eigenvalue weighted by Crippen LogP contribution is -2.44. The van der Waals surface area contributed by atoms with Crippen LogP contribution in [0.1, 0.15) is 0 Å². The number of pyridine rings is 1. The zero-order valence-electron chi connectivity index (χ0n) is 11.0. The molecule has 2 rings (SSSR count). The van der Waals surface area contributed by atoms with E-state index in [0.717, 1.165) is 37.3 Å². The molecule has 8 heteroatoms. The smallest absolute Gasteiger partial charge is 0.129 e. The third-order valence-electron chi connectivity index (χ3n) is 2.79. The average molecular weight is 349 g/mol. The van der Waals surface area contributed by atoms with E-state index in [1.165, 1.54) is 0 Å². The molecule has 1 saturated heterocycles. The SMILES string of the molecule is CP(C)(=O)c1ccnc(N2CCNCC2)c1.Cl.Cl.Cl. The van der Waals surface area contributed by atoms with Crippen molar-refractivity contribution in [2.24, 2.45) is 0 Å². The van der Waals surface area contributed by atoms with Crippen LogP contribution in [0.3, 0.4) is 0 Å². The van der Waals surface area contributed by atoms with Crippen molar-refractivity contribution in [3.63, 3.8) is 0 Å². The first-order valence-electron chi connectivity index (χ1n) is 5.54. The molecule has 0 radical (unpaired) electrons. The summed E-state index contributed by atoms with van der Waals surface area (Å²) in [6.45, 7) is 7.50. The van der Waals surface area contributed by atoms with Gasteiger partial charge in [0.2, 0.25) is 0 Å². The fourth-order valence-corrected chi connectivity index (χ4v) is 2.66. The van der Waals surface area contributed by atoms with Gasteiger partial charge in [0.15, 0.2) is 0 Å². The highest BCUT2D eigenvalue weighted by Gasteiger charge is 2.15. The molecule has 1 aliphatic heterocycles. The van der Waals surface area contributed by atoms with E-state index in [0.29, 0.717) is 0 Å². The third kappa shape index (κ3) is 5.88. The summed E-state index contributed by atoms with van der Waals surface area (Å²) in [7, 11) is -2.18. The topological polar surface area (TPSA) is 45.2 Å². The Balaban J connectivity index is 0. The highest BCUT2D eigenvalue weighted by atomic mass is 35.5. The molecule has 1 aromatic rings. The summed E-state index contributed by atoms with van der Waals surface area (Å²) in [5.41, 5.74) is 0. The summed E-state index contributed by atoms with van der Waals surface area (Å²) >= 11 is 0. The van der Waals surface area contributed by atoms with Gasteiger partial charge < -0.3 is 14.8 Å². The second-order valence-electron chi connectivity index (χ2n) is 4.46. The first-order chi connectivity index (χ1) is 7.57. The van der Waals surface area contributed by atoms with Crippen LogP contribution >= 0.6 is 44.4 Å². The zero-order valence-corrected chi connectivity index (χ0v) is 14.4. The van der Waals surface area contributed by atoms with Crippen molar-refractivity contribution in [2.75, 3.05) is 44.4 Å². The van der Waals surface area contributed by atoms with Crippen LogP contribution in [0, 0.1) is 0 Å². The van der Waals surface area contributed by atoms with Gasteiger partial charge in [0.25, 0.3) is 0 Å². The summed E-state index contributed by atoms with van der Waals surface area (Å²) in [4.78, 5) is 6.59. The Bertz CT molecular complexity index is 421. The summed E-state index contributed by atoms with van der Waals surface area (Å²) in [6, 6.07) is 3.82. The molecule has 0 unspecified atom stereocenters. The van der Waals surface area contributed by atoms with E-state index >= 15 is 0 Å². The first-order valence-corrected chi connectivity index (χ1v) is 8.15. The van der Waals surface area contributed by atoms with E-state index in [1.807, 2.05) is 12.1 Å². The van der Waals surface area contributed by atoms with Crippen LogP contribution in [0.25, 0.3) is 0 Å². The minimum absolute atomic E-state index is 0. The minimum atomic E-state index is -2.18. The second-order valence-corrected chi connectivity index (χ2v) is 7.68. The monoisotopic (exact) mass is 347 g/mol. The van der Waals surface area contributed by atoms with Crippen molar-refractivity contribution >= 4 is 55.5 Å². The van der Waals surface area contributed by atoms with Crippen LogP contribution < -0.4 is 15.5 Å². The summed E-state index contributed by atoms with van der Waals surface area (Å²) in [5, 5.41) is 4.22. The van der Waals surface area contributed by atoms with Crippen molar-refractivity contribution < 1.29 is 4.57 Å². The van der Waals surface area contributed by atoms with Crippen LogP contribution in [0.2, 0.25) is 0 Å². The van der Waals surface area contributed by atoms with E-state index in [1.54, 1.807) is 19.5 Å². The molecule has 1 aliphatic rings. The van der Waals surface area contributed by atoms with Gasteiger partial charge in [-0.25, -0.2) is 4.98 Å². The van der Waals surface area contributed by atoms with Gasteiger partial charge >= 0.3 is 0 Å². The number of rotatable bonds is 2. The van der Waals surface area contributed by atoms with E-state index in [-0.39, 0.29) is 37.2 Å². The van der Waals surface area contributed by atoms with Crippen molar-refractivity contribution in [3.8, 4) is 0 Å². The van der Waals surface area contributed by atoms with Gasteiger partial charge in [-0.15, -0.1) is 37.2 Å². The van der Waals surface area contributed by atoms with Gasteiger partial charge in [0.1, 0.15) is 13.0 Å². The van der Waals surface area contributed by atoms with Crippen LogP contribution in [0.4, 0.5) is 5.82 Å². The molecular formula is C11H21Cl3N3OP. The number of aromatic nitrogens is 1. The Labute approximate surface area is 133 Å². The molecule has 0 aromatic carbocycles. The maximum absolute atomic E-state index is 12.0. The molecule has 0 atom stereocenters. The van der Waals surface area contributed by atoms with Crippen LogP contribution in [-0.2, 0) is 4.57 Å². The molecule has 0 bridgehead atoms. The highest BCUT2D eigenvalue weighted by Crippen LogP contribution is 2.35. The summed E-state index contributed by atoms with van der Waals surface area (Å²) in [5.74, 6) is 0.947. The maximum Gasteiger partial charge on any atom is 0.129 e. The Morgan fingerprint density at radius 1 is 1.21 bits per heavy atom. The number of anilines is 1. The van der Waals surface area contributed by atoms with E-state index in [9.17, 15) is 4.57 Å². The van der Waals surface area contributed by atoms with Crippen LogP contribution in [0.5, 0.6) is 0 Å². The molecule has 4 nitrogen and oxygen atoms in total. The molecule has 1 fully saturated rings. The highest BCUT2D eigenvalue weighted by molar-refractivity contribution is 7.70. The zero-order chi connectivity index (χ0) is 11.6. The molecule has 112 valence electrons. The van der Waals surface area contributed by atoms with Crippen molar-refractivity contribution in [2.45, 2.75) is 0 Å². The van der Waals surface area contributed by atoms with Crippen molar-refractivity contribution in [1.29, 1.82) is 0 Å². The number of hydrogen-bond donors (Lipinski definition) is 1. The first kappa shape index (κ1) is 21.3. The van der Waals surface area contributed by atoms with Crippen LogP contribution in [0.15, 0.2) is 18.3 Å². The van der Waals surface area contributed by atoms with Gasteiger partial charge in [-0.05, 0) is 25.5 Å². The second kappa shape index (κ2) is 9.04. The summed E-state index contributed by atoms with van der Waals surface area (Å²) in [6.07, 6.45) is 1.76. The van der Waals surface area contributed by atoms with E-state index in [4.69, 9.17) is 0 Å². The molecule has 1 N–H and O–H groups in total. The normalized spacial score (nSPS) is 14.7. The molecule has 2 heterocycles. The van der Waals surface area contributed by atoms with Gasteiger partial charge in [0.05, 0.1) is 0 Å². The van der Waals surface area contributed by atoms with Gasteiger partial charge in [-0.2, -0.15) is 0 Å². The fraction of sp³-hybridized carbons (Fsp3) is 0.545. The van der Waals surface area contributed by atoms with Crippen LogP contribution in [-0.4, -0.2) is 44.5 Å². The Morgan fingerprint density at radius 2 is 1.79 bits per heavy atom. The standard InChI is InChI=1S/C11H18N3OP.3ClH/c1-16(2,15)10-3-4-13-11(9-10)14-7-5-12-6-8-14;;;/h3-4,9,12H,5-8H2,1-2H3;3*1H. The minimum Gasteiger partial charge on any atom is -0.354 e. The Morgan fingerprint density at radius 3 is 2.32 bits per heavy atom. The van der Waals surface area contributed by atoms with Gasteiger partial charge in [-0.1, -0.05) is 0 Å². The lowest BCUT2D eigenvalue weighted by molar-refractivity contribution is 0.584. The molecule has 19 heavy (non-hydrogen) atoms. The predicted molar refractivity (Wildman–Crippen MR) is 90.2 cm³/mol. The van der Waals surface area contributed by atoms with E-state index < -0.39 is 7.14 Å². The quantitative estimate of drug-likeness (QED) is 0.831. The largest absolute Gasteiger partial charge is 0.354 e. The van der Waals surface area contributed by atoms with Gasteiger partial charge in [-0.3, -0.25) is 0 Å². The Kier molecular flexibility index (Phi) is 10.1. The molecule has 1 aromatic heterocycles. The molecule has 0 amide bonds. The summed E-state index contributed by atoms with van der Waals surface area (Å²) < 4.78 is 12.0. The van der Waals surface area contributed by atoms with Gasteiger partial charge in [0, 0.05) is 37.7 Å². The Hall–Kier alpha value is 0.01000. The maximum atomic E-state index is 12.0. The predicted octanol–water partition coefficient (Wildman–Crippen LogP) is 2.00. The molecule has 0 aliphatic carbocycles. The third-order valence-corrected chi connectivity index (χ3v) is 4.31. The number of piperazine rings is 1. The number of halogens is 3. The molecular weight excluding hydrogens is 327 g/mol. The lowest BCUT2D eigenvalue weighted by atomic mass is 10.3. The average Bonchev–Trinajstić information content (AvgIpc) is 2.29. The van der Waals surface area contributed by atoms with Crippen molar-refractivity contribution in [1.82, 2.24) is 10.3 Å². The molecule has 0 spiro atoms. The van der Waals surface area contributed by atoms with E-state index in [2.05, 4.69) is 15.2 Å². The lowest BCUT2D eigenvalue weighted by Gasteiger charge is -2.28. The molecule has 0 saturated carbocycles. The fourth-order valence-electron chi connectivity index (χ4n) is 1.81.